The van der Waals surface area contributed by atoms with E-state index in [4.69, 9.17) is 0 Å². The maximum atomic E-state index is 13.4. The quantitative estimate of drug-likeness (QED) is 0.443. The van der Waals surface area contributed by atoms with Gasteiger partial charge in [0, 0.05) is 48.8 Å². The number of rotatable bonds is 8. The zero-order valence-electron chi connectivity index (χ0n) is 22.2. The summed E-state index contributed by atoms with van der Waals surface area (Å²) in [4.78, 5) is 7.59. The van der Waals surface area contributed by atoms with E-state index in [1.165, 1.54) is 45.2 Å². The first-order chi connectivity index (χ1) is 17.9. The molecule has 5 rings (SSSR count). The fourth-order valence-electron chi connectivity index (χ4n) is 5.97. The number of fused-ring (bicyclic) bond motifs is 1. The topological polar surface area (TPSA) is 55.9 Å². The highest BCUT2D eigenvalue weighted by Crippen LogP contribution is 2.31. The second kappa shape index (κ2) is 11.4. The maximum Gasteiger partial charge on any atom is 0.262 e. The van der Waals surface area contributed by atoms with E-state index in [0.29, 0.717) is 10.6 Å². The van der Waals surface area contributed by atoms with E-state index < -0.39 is 10.0 Å². The number of piperidine rings is 2. The van der Waals surface area contributed by atoms with Gasteiger partial charge < -0.3 is 14.7 Å². The van der Waals surface area contributed by atoms with Crippen LogP contribution in [0.4, 0.5) is 11.4 Å². The average molecular weight is 521 g/mol. The van der Waals surface area contributed by atoms with Crippen LogP contribution in [-0.4, -0.2) is 71.1 Å². The number of hydrogen-bond acceptors (Lipinski definition) is 5. The Morgan fingerprint density at radius 2 is 1.57 bits per heavy atom. The van der Waals surface area contributed by atoms with Gasteiger partial charge in [-0.3, -0.25) is 4.72 Å². The normalized spacial score (nSPS) is 18.2. The van der Waals surface area contributed by atoms with Crippen LogP contribution in [0, 0.1) is 0 Å². The minimum atomic E-state index is -3.74. The standard InChI is InChI=1S/C30H40N4O2S/c1-32(2)29-13-7-12-28-27(29)11-8-14-30(28)37(35,36)31-25-10-6-9-24(23-25)15-20-33-21-16-26(17-22-33)34-18-4-3-5-19-34/h6-14,23,26,31H,3-5,15-22H2,1-2H3. The smallest absolute Gasteiger partial charge is 0.262 e. The van der Waals surface area contributed by atoms with Crippen molar-refractivity contribution in [3.8, 4) is 0 Å². The molecule has 2 aliphatic rings. The van der Waals surface area contributed by atoms with E-state index >= 15 is 0 Å². The van der Waals surface area contributed by atoms with Crippen molar-refractivity contribution >= 4 is 32.2 Å². The molecule has 2 heterocycles. The van der Waals surface area contributed by atoms with Gasteiger partial charge in [0.05, 0.1) is 4.90 Å². The summed E-state index contributed by atoms with van der Waals surface area (Å²) in [5.41, 5.74) is 2.77. The largest absolute Gasteiger partial charge is 0.377 e. The zero-order chi connectivity index (χ0) is 25.8. The van der Waals surface area contributed by atoms with Crippen molar-refractivity contribution in [1.29, 1.82) is 0 Å². The Morgan fingerprint density at radius 1 is 0.865 bits per heavy atom. The Hall–Kier alpha value is -2.61. The number of hydrogen-bond donors (Lipinski definition) is 1. The van der Waals surface area contributed by atoms with Crippen LogP contribution in [-0.2, 0) is 16.4 Å². The van der Waals surface area contributed by atoms with Crippen LogP contribution in [0.2, 0.25) is 0 Å². The Morgan fingerprint density at radius 3 is 2.32 bits per heavy atom. The summed E-state index contributed by atoms with van der Waals surface area (Å²) in [5.74, 6) is 0. The molecule has 0 saturated carbocycles. The predicted molar refractivity (Wildman–Crippen MR) is 154 cm³/mol. The summed E-state index contributed by atoms with van der Waals surface area (Å²) in [6.45, 7) is 5.89. The summed E-state index contributed by atoms with van der Waals surface area (Å²) >= 11 is 0. The van der Waals surface area contributed by atoms with Crippen molar-refractivity contribution in [2.24, 2.45) is 0 Å². The number of anilines is 2. The first-order valence-corrected chi connectivity index (χ1v) is 15.2. The molecule has 0 radical (unpaired) electrons. The highest BCUT2D eigenvalue weighted by molar-refractivity contribution is 7.93. The monoisotopic (exact) mass is 520 g/mol. The van der Waals surface area contributed by atoms with Gasteiger partial charge in [-0.2, -0.15) is 0 Å². The Balaban J connectivity index is 1.22. The maximum absolute atomic E-state index is 13.4. The van der Waals surface area contributed by atoms with Gasteiger partial charge in [-0.25, -0.2) is 8.42 Å². The van der Waals surface area contributed by atoms with Crippen molar-refractivity contribution in [2.75, 3.05) is 56.4 Å². The molecule has 0 aliphatic carbocycles. The molecule has 0 amide bonds. The van der Waals surface area contributed by atoms with Crippen molar-refractivity contribution in [2.45, 2.75) is 49.5 Å². The van der Waals surface area contributed by atoms with Crippen LogP contribution in [0.25, 0.3) is 10.8 Å². The number of likely N-dealkylation sites (tertiary alicyclic amines) is 2. The molecule has 0 spiro atoms. The van der Waals surface area contributed by atoms with Crippen LogP contribution < -0.4 is 9.62 Å². The molecule has 0 bridgehead atoms. The van der Waals surface area contributed by atoms with E-state index in [-0.39, 0.29) is 0 Å². The lowest BCUT2D eigenvalue weighted by Gasteiger charge is -2.40. The summed E-state index contributed by atoms with van der Waals surface area (Å²) < 4.78 is 29.7. The van der Waals surface area contributed by atoms with Crippen LogP contribution >= 0.6 is 0 Å². The van der Waals surface area contributed by atoms with E-state index in [1.807, 2.05) is 67.5 Å². The molecule has 3 aromatic carbocycles. The summed E-state index contributed by atoms with van der Waals surface area (Å²) in [5, 5.41) is 1.65. The number of sulfonamides is 1. The van der Waals surface area contributed by atoms with Gasteiger partial charge in [-0.15, -0.1) is 0 Å². The molecule has 0 aromatic heterocycles. The van der Waals surface area contributed by atoms with E-state index in [2.05, 4.69) is 20.6 Å². The van der Waals surface area contributed by atoms with Crippen molar-refractivity contribution in [1.82, 2.24) is 9.80 Å². The summed E-state index contributed by atoms with van der Waals surface area (Å²) in [7, 11) is 0.203. The van der Waals surface area contributed by atoms with E-state index in [1.54, 1.807) is 6.07 Å². The molecule has 7 heteroatoms. The molecule has 2 aliphatic heterocycles. The van der Waals surface area contributed by atoms with Gasteiger partial charge in [0.1, 0.15) is 0 Å². The fraction of sp³-hybridized carbons (Fsp3) is 0.467. The number of benzene rings is 3. The van der Waals surface area contributed by atoms with Crippen LogP contribution in [0.1, 0.15) is 37.7 Å². The lowest BCUT2D eigenvalue weighted by Crippen LogP contribution is -2.47. The predicted octanol–water partition coefficient (Wildman–Crippen LogP) is 5.20. The molecule has 198 valence electrons. The van der Waals surface area contributed by atoms with Crippen molar-refractivity contribution < 1.29 is 8.42 Å². The lowest BCUT2D eigenvalue weighted by molar-refractivity contribution is 0.0931. The minimum absolute atomic E-state index is 0.302. The summed E-state index contributed by atoms with van der Waals surface area (Å²) in [6.07, 6.45) is 7.56. The Kier molecular flexibility index (Phi) is 8.03. The number of nitrogens with zero attached hydrogens (tertiary/aromatic N) is 3. The third kappa shape index (κ3) is 6.11. The third-order valence-electron chi connectivity index (χ3n) is 7.99. The molecule has 2 saturated heterocycles. The first-order valence-electron chi connectivity index (χ1n) is 13.7. The Labute approximate surface area is 222 Å². The van der Waals surface area contributed by atoms with Gasteiger partial charge in [0.2, 0.25) is 0 Å². The van der Waals surface area contributed by atoms with Gasteiger partial charge in [-0.05, 0) is 88.1 Å². The first kappa shape index (κ1) is 26.0. The van der Waals surface area contributed by atoms with Crippen molar-refractivity contribution in [3.05, 3.63) is 66.2 Å². The molecule has 1 N–H and O–H groups in total. The van der Waals surface area contributed by atoms with Gasteiger partial charge >= 0.3 is 0 Å². The molecule has 0 unspecified atom stereocenters. The molecule has 37 heavy (non-hydrogen) atoms. The molecule has 2 fully saturated rings. The fourth-order valence-corrected chi connectivity index (χ4v) is 7.24. The molecule has 3 aromatic rings. The molecule has 0 atom stereocenters. The highest BCUT2D eigenvalue weighted by atomic mass is 32.2. The van der Waals surface area contributed by atoms with E-state index in [9.17, 15) is 8.42 Å². The van der Waals surface area contributed by atoms with Crippen LogP contribution in [0.5, 0.6) is 0 Å². The molecular formula is C30H40N4O2S. The highest BCUT2D eigenvalue weighted by Gasteiger charge is 2.25. The summed E-state index contributed by atoms with van der Waals surface area (Å²) in [6, 6.07) is 19.9. The Bertz CT molecular complexity index is 1310. The molecular weight excluding hydrogens is 480 g/mol. The lowest BCUT2D eigenvalue weighted by atomic mass is 9.99. The van der Waals surface area contributed by atoms with Gasteiger partial charge in [-0.1, -0.05) is 42.8 Å². The second-order valence-electron chi connectivity index (χ2n) is 10.7. The number of nitrogens with one attached hydrogen (secondary N) is 1. The average Bonchev–Trinajstić information content (AvgIpc) is 2.92. The second-order valence-corrected chi connectivity index (χ2v) is 12.4. The van der Waals surface area contributed by atoms with E-state index in [0.717, 1.165) is 54.1 Å². The van der Waals surface area contributed by atoms with Crippen LogP contribution in [0.15, 0.2) is 65.6 Å². The van der Waals surface area contributed by atoms with Gasteiger partial charge in [0.25, 0.3) is 10.0 Å². The zero-order valence-corrected chi connectivity index (χ0v) is 23.0. The minimum Gasteiger partial charge on any atom is -0.377 e. The van der Waals surface area contributed by atoms with Crippen LogP contribution in [0.3, 0.4) is 0 Å². The SMILES string of the molecule is CN(C)c1cccc2c(S(=O)(=O)Nc3cccc(CCN4CCC(N5CCCCC5)CC4)c3)cccc12. The van der Waals surface area contributed by atoms with Gasteiger partial charge in [0.15, 0.2) is 0 Å². The van der Waals surface area contributed by atoms with Crippen molar-refractivity contribution in [3.63, 3.8) is 0 Å². The molecule has 6 nitrogen and oxygen atoms in total. The third-order valence-corrected chi connectivity index (χ3v) is 9.43.